The minimum atomic E-state index is -0.0785. The first-order chi connectivity index (χ1) is 8.15. The van der Waals surface area contributed by atoms with Crippen LogP contribution >= 0.6 is 22.6 Å². The number of carbonyl (C=O) groups is 1. The summed E-state index contributed by atoms with van der Waals surface area (Å²) in [5, 5.41) is 2.86. The third-order valence-corrected chi connectivity index (χ3v) is 3.14. The Morgan fingerprint density at radius 3 is 2.18 bits per heavy atom. The predicted molar refractivity (Wildman–Crippen MR) is 78.3 cm³/mol. The Morgan fingerprint density at radius 1 is 1.00 bits per heavy atom. The topological polar surface area (TPSA) is 29.1 Å². The van der Waals surface area contributed by atoms with Crippen LogP contribution in [0, 0.1) is 10.5 Å². The van der Waals surface area contributed by atoms with Gasteiger partial charge in [0.15, 0.2) is 0 Å². The SMILES string of the molecule is Cc1ccc(NC(=O)c2ccc(I)cc2)cc1. The molecule has 0 saturated heterocycles. The van der Waals surface area contributed by atoms with E-state index < -0.39 is 0 Å². The number of rotatable bonds is 2. The monoisotopic (exact) mass is 337 g/mol. The van der Waals surface area contributed by atoms with E-state index in [1.54, 1.807) is 0 Å². The van der Waals surface area contributed by atoms with Gasteiger partial charge in [-0.1, -0.05) is 17.7 Å². The highest BCUT2D eigenvalue weighted by Crippen LogP contribution is 2.12. The number of hydrogen-bond donors (Lipinski definition) is 1. The van der Waals surface area contributed by atoms with Gasteiger partial charge < -0.3 is 5.32 Å². The Balaban J connectivity index is 2.11. The van der Waals surface area contributed by atoms with Crippen LogP contribution in [-0.2, 0) is 0 Å². The highest BCUT2D eigenvalue weighted by atomic mass is 127. The van der Waals surface area contributed by atoms with Crippen molar-refractivity contribution in [1.29, 1.82) is 0 Å². The lowest BCUT2D eigenvalue weighted by atomic mass is 10.2. The molecule has 0 heterocycles. The molecule has 0 aromatic heterocycles. The molecule has 0 bridgehead atoms. The number of amides is 1. The van der Waals surface area contributed by atoms with Gasteiger partial charge in [0.05, 0.1) is 0 Å². The standard InChI is InChI=1S/C14H12INO/c1-10-2-8-13(9-3-10)16-14(17)11-4-6-12(15)7-5-11/h2-9H,1H3,(H,16,17). The summed E-state index contributed by atoms with van der Waals surface area (Å²) >= 11 is 2.22. The quantitative estimate of drug-likeness (QED) is 0.829. The molecule has 0 aliphatic heterocycles. The van der Waals surface area contributed by atoms with E-state index in [1.165, 1.54) is 5.56 Å². The van der Waals surface area contributed by atoms with Gasteiger partial charge in [-0.05, 0) is 65.9 Å². The first-order valence-electron chi connectivity index (χ1n) is 5.29. The molecule has 0 saturated carbocycles. The minimum absolute atomic E-state index is 0.0785. The van der Waals surface area contributed by atoms with E-state index in [2.05, 4.69) is 27.9 Å². The molecule has 2 nitrogen and oxygen atoms in total. The lowest BCUT2D eigenvalue weighted by Crippen LogP contribution is -2.11. The van der Waals surface area contributed by atoms with Crippen LogP contribution in [0.5, 0.6) is 0 Å². The van der Waals surface area contributed by atoms with Crippen molar-refractivity contribution in [2.45, 2.75) is 6.92 Å². The van der Waals surface area contributed by atoms with E-state index in [0.29, 0.717) is 5.56 Å². The molecule has 0 aliphatic carbocycles. The van der Waals surface area contributed by atoms with Crippen molar-refractivity contribution in [3.63, 3.8) is 0 Å². The van der Waals surface area contributed by atoms with Crippen LogP contribution < -0.4 is 5.32 Å². The molecule has 0 aliphatic rings. The highest BCUT2D eigenvalue weighted by molar-refractivity contribution is 14.1. The van der Waals surface area contributed by atoms with Gasteiger partial charge >= 0.3 is 0 Å². The molecular formula is C14H12INO. The molecule has 0 atom stereocenters. The van der Waals surface area contributed by atoms with E-state index in [9.17, 15) is 4.79 Å². The maximum Gasteiger partial charge on any atom is 0.255 e. The Labute approximate surface area is 114 Å². The first kappa shape index (κ1) is 12.1. The summed E-state index contributed by atoms with van der Waals surface area (Å²) in [5.41, 5.74) is 2.67. The first-order valence-corrected chi connectivity index (χ1v) is 6.36. The molecule has 17 heavy (non-hydrogen) atoms. The van der Waals surface area contributed by atoms with Crippen LogP contribution in [0.15, 0.2) is 48.5 Å². The summed E-state index contributed by atoms with van der Waals surface area (Å²) in [6.45, 7) is 2.02. The van der Waals surface area contributed by atoms with Gasteiger partial charge in [-0.25, -0.2) is 0 Å². The van der Waals surface area contributed by atoms with E-state index in [4.69, 9.17) is 0 Å². The van der Waals surface area contributed by atoms with Crippen LogP contribution in [0.3, 0.4) is 0 Å². The lowest BCUT2D eigenvalue weighted by molar-refractivity contribution is 0.102. The molecular weight excluding hydrogens is 325 g/mol. The summed E-state index contributed by atoms with van der Waals surface area (Å²) in [6.07, 6.45) is 0. The Bertz CT molecular complexity index is 517. The number of hydrogen-bond acceptors (Lipinski definition) is 1. The van der Waals surface area contributed by atoms with E-state index in [0.717, 1.165) is 9.26 Å². The van der Waals surface area contributed by atoms with E-state index in [-0.39, 0.29) is 5.91 Å². The van der Waals surface area contributed by atoms with Crippen molar-refractivity contribution in [2.75, 3.05) is 5.32 Å². The highest BCUT2D eigenvalue weighted by Gasteiger charge is 2.05. The van der Waals surface area contributed by atoms with Gasteiger partial charge in [-0.15, -0.1) is 0 Å². The van der Waals surface area contributed by atoms with Gasteiger partial charge in [0.2, 0.25) is 0 Å². The third-order valence-electron chi connectivity index (χ3n) is 2.42. The number of carbonyl (C=O) groups excluding carboxylic acids is 1. The largest absolute Gasteiger partial charge is 0.322 e. The second-order valence-electron chi connectivity index (χ2n) is 3.83. The average Bonchev–Trinajstić information content (AvgIpc) is 2.33. The Morgan fingerprint density at radius 2 is 1.59 bits per heavy atom. The minimum Gasteiger partial charge on any atom is -0.322 e. The fraction of sp³-hybridized carbons (Fsp3) is 0.0714. The van der Waals surface area contributed by atoms with Crippen molar-refractivity contribution in [3.8, 4) is 0 Å². The maximum atomic E-state index is 11.9. The van der Waals surface area contributed by atoms with E-state index >= 15 is 0 Å². The zero-order valence-electron chi connectivity index (χ0n) is 9.41. The number of halogens is 1. The lowest BCUT2D eigenvalue weighted by Gasteiger charge is -2.05. The number of benzene rings is 2. The molecule has 1 N–H and O–H groups in total. The van der Waals surface area contributed by atoms with Gasteiger partial charge in [0, 0.05) is 14.8 Å². The fourth-order valence-electron chi connectivity index (χ4n) is 1.44. The van der Waals surface area contributed by atoms with Crippen LogP contribution in [0.25, 0.3) is 0 Å². The van der Waals surface area contributed by atoms with Crippen molar-refractivity contribution in [3.05, 3.63) is 63.2 Å². The molecule has 86 valence electrons. The number of nitrogens with one attached hydrogen (secondary N) is 1. The second-order valence-corrected chi connectivity index (χ2v) is 5.07. The molecule has 3 heteroatoms. The molecule has 2 rings (SSSR count). The predicted octanol–water partition coefficient (Wildman–Crippen LogP) is 3.85. The average molecular weight is 337 g/mol. The molecule has 0 radical (unpaired) electrons. The molecule has 0 fully saturated rings. The molecule has 0 spiro atoms. The van der Waals surface area contributed by atoms with Crippen molar-refractivity contribution in [2.24, 2.45) is 0 Å². The van der Waals surface area contributed by atoms with Crippen LogP contribution in [0.4, 0.5) is 5.69 Å². The summed E-state index contributed by atoms with van der Waals surface area (Å²) in [5.74, 6) is -0.0785. The van der Waals surface area contributed by atoms with Gasteiger partial charge in [-0.3, -0.25) is 4.79 Å². The molecule has 2 aromatic rings. The van der Waals surface area contributed by atoms with Crippen molar-refractivity contribution >= 4 is 34.2 Å². The number of anilines is 1. The van der Waals surface area contributed by atoms with Crippen LogP contribution in [0.2, 0.25) is 0 Å². The van der Waals surface area contributed by atoms with Crippen LogP contribution in [0.1, 0.15) is 15.9 Å². The summed E-state index contributed by atoms with van der Waals surface area (Å²) in [7, 11) is 0. The summed E-state index contributed by atoms with van der Waals surface area (Å²) in [6, 6.07) is 15.2. The molecule has 1 amide bonds. The normalized spacial score (nSPS) is 10.0. The van der Waals surface area contributed by atoms with Gasteiger partial charge in [-0.2, -0.15) is 0 Å². The van der Waals surface area contributed by atoms with Gasteiger partial charge in [0.25, 0.3) is 5.91 Å². The number of aryl methyl sites for hydroxylation is 1. The smallest absolute Gasteiger partial charge is 0.255 e. The fourth-order valence-corrected chi connectivity index (χ4v) is 1.80. The van der Waals surface area contributed by atoms with Gasteiger partial charge in [0.1, 0.15) is 0 Å². The Hall–Kier alpha value is -1.36. The third kappa shape index (κ3) is 3.30. The van der Waals surface area contributed by atoms with Crippen molar-refractivity contribution < 1.29 is 4.79 Å². The summed E-state index contributed by atoms with van der Waals surface area (Å²) < 4.78 is 1.12. The Kier molecular flexibility index (Phi) is 3.78. The zero-order chi connectivity index (χ0) is 12.3. The molecule has 2 aromatic carbocycles. The van der Waals surface area contributed by atoms with Crippen LogP contribution in [-0.4, -0.2) is 5.91 Å². The zero-order valence-corrected chi connectivity index (χ0v) is 11.6. The summed E-state index contributed by atoms with van der Waals surface area (Å²) in [4.78, 5) is 11.9. The van der Waals surface area contributed by atoms with Crippen molar-refractivity contribution in [1.82, 2.24) is 0 Å². The second kappa shape index (κ2) is 5.31. The van der Waals surface area contributed by atoms with E-state index in [1.807, 2.05) is 55.5 Å². The molecule has 0 unspecified atom stereocenters. The maximum absolute atomic E-state index is 11.9.